The number of phenolic OH excluding ortho intramolecular Hbond substituents is 2. The highest BCUT2D eigenvalue weighted by Gasteiger charge is 2.20. The number of carbonyl (C=O) groups excluding carboxylic acids is 1. The van der Waals surface area contributed by atoms with E-state index in [1.165, 1.54) is 7.11 Å². The van der Waals surface area contributed by atoms with Crippen LogP contribution in [0.15, 0.2) is 33.5 Å². The van der Waals surface area contributed by atoms with E-state index in [0.29, 0.717) is 5.56 Å². The van der Waals surface area contributed by atoms with Crippen molar-refractivity contribution in [3.05, 3.63) is 59.1 Å². The zero-order valence-corrected chi connectivity index (χ0v) is 16.6. The lowest BCUT2D eigenvalue weighted by Gasteiger charge is -1.99. The van der Waals surface area contributed by atoms with Gasteiger partial charge in [0.1, 0.15) is 0 Å². The number of aliphatic carboxylic acids is 1. The minimum absolute atomic E-state index is 0.00944. The third kappa shape index (κ3) is 4.54. The van der Waals surface area contributed by atoms with Crippen LogP contribution in [-0.2, 0) is 27.2 Å². The number of carboxylic acid groups (broad SMARTS) is 1. The summed E-state index contributed by atoms with van der Waals surface area (Å²) in [5.41, 5.74) is -0.192. The van der Waals surface area contributed by atoms with Gasteiger partial charge in [-0.3, -0.25) is 9.59 Å². The van der Waals surface area contributed by atoms with E-state index in [2.05, 4.69) is 4.74 Å². The number of furan rings is 2. The maximum Gasteiger partial charge on any atom is 0.310 e. The number of rotatable bonds is 4. The Labute approximate surface area is 181 Å². The molecule has 0 saturated carbocycles. The summed E-state index contributed by atoms with van der Waals surface area (Å²) in [6.45, 7) is 0. The van der Waals surface area contributed by atoms with E-state index in [9.17, 15) is 27.2 Å². The molecule has 0 atom stereocenters. The topological polar surface area (TPSA) is 130 Å². The molecule has 0 unspecified atom stereocenters. The number of carbonyl (C=O) groups is 2. The van der Waals surface area contributed by atoms with Crippen molar-refractivity contribution in [1.82, 2.24) is 0 Å². The number of ether oxygens (including phenoxy) is 1. The van der Waals surface area contributed by atoms with Crippen molar-refractivity contribution in [2.24, 2.45) is 0 Å². The van der Waals surface area contributed by atoms with Gasteiger partial charge in [0.15, 0.2) is 34.3 Å². The lowest BCUT2D eigenvalue weighted by atomic mass is 10.1. The number of esters is 1. The molecule has 4 rings (SSSR count). The van der Waals surface area contributed by atoms with Gasteiger partial charge in [-0.25, -0.2) is 8.78 Å². The second kappa shape index (κ2) is 9.10. The van der Waals surface area contributed by atoms with Gasteiger partial charge < -0.3 is 28.9 Å². The van der Waals surface area contributed by atoms with Crippen LogP contribution in [0, 0.1) is 23.3 Å². The molecule has 0 spiro atoms. The summed E-state index contributed by atoms with van der Waals surface area (Å²) in [7, 11) is 1.21. The van der Waals surface area contributed by atoms with Gasteiger partial charge in [0.2, 0.25) is 11.6 Å². The fraction of sp³-hybridized carbons (Fsp3) is 0.143. The molecule has 0 amide bonds. The Balaban J connectivity index is 0.000000186. The molecule has 8 nitrogen and oxygen atoms in total. The van der Waals surface area contributed by atoms with Crippen molar-refractivity contribution in [3.8, 4) is 11.5 Å². The molecule has 4 aromatic rings. The molecule has 174 valence electrons. The normalized spacial score (nSPS) is 10.8. The third-order valence-corrected chi connectivity index (χ3v) is 4.53. The first kappa shape index (κ1) is 23.4. The molecule has 0 radical (unpaired) electrons. The Morgan fingerprint density at radius 2 is 1.27 bits per heavy atom. The highest BCUT2D eigenvalue weighted by molar-refractivity contribution is 5.88. The molecule has 0 bridgehead atoms. The van der Waals surface area contributed by atoms with Crippen LogP contribution in [0.4, 0.5) is 17.6 Å². The summed E-state index contributed by atoms with van der Waals surface area (Å²) in [6, 6.07) is 1.76. The van der Waals surface area contributed by atoms with Gasteiger partial charge in [-0.1, -0.05) is 0 Å². The van der Waals surface area contributed by atoms with Gasteiger partial charge in [0.25, 0.3) is 0 Å². The van der Waals surface area contributed by atoms with Gasteiger partial charge in [-0.05, 0) is 12.1 Å². The summed E-state index contributed by atoms with van der Waals surface area (Å²) < 4.78 is 66.9. The fourth-order valence-electron chi connectivity index (χ4n) is 2.94. The van der Waals surface area contributed by atoms with Crippen LogP contribution in [0.25, 0.3) is 21.9 Å². The lowest BCUT2D eigenvalue weighted by Crippen LogP contribution is -2.03. The second-order valence-electron chi connectivity index (χ2n) is 6.64. The number of halogens is 4. The molecular formula is C21H14F4O8. The molecule has 0 aliphatic heterocycles. The number of benzene rings is 2. The van der Waals surface area contributed by atoms with Gasteiger partial charge in [-0.2, -0.15) is 8.78 Å². The van der Waals surface area contributed by atoms with Crippen LogP contribution in [0.5, 0.6) is 11.5 Å². The van der Waals surface area contributed by atoms with Crippen molar-refractivity contribution in [2.75, 3.05) is 7.11 Å². The SMILES string of the molecule is COC(=O)Cc1coc2c(F)c(O)c(F)cc12.O=C(O)Cc1coc2c(F)c(O)c(F)cc12. The highest BCUT2D eigenvalue weighted by atomic mass is 19.1. The average Bonchev–Trinajstić information content (AvgIpc) is 3.35. The van der Waals surface area contributed by atoms with Crippen LogP contribution in [-0.4, -0.2) is 34.4 Å². The molecule has 2 aromatic carbocycles. The molecule has 0 aliphatic carbocycles. The van der Waals surface area contributed by atoms with Crippen molar-refractivity contribution >= 4 is 33.9 Å². The molecule has 2 heterocycles. The number of aromatic hydroxyl groups is 2. The lowest BCUT2D eigenvalue weighted by molar-refractivity contribution is -0.140. The second-order valence-corrected chi connectivity index (χ2v) is 6.64. The average molecular weight is 470 g/mol. The third-order valence-electron chi connectivity index (χ3n) is 4.53. The van der Waals surface area contributed by atoms with Gasteiger partial charge >= 0.3 is 11.9 Å². The van der Waals surface area contributed by atoms with E-state index in [0.717, 1.165) is 24.7 Å². The minimum Gasteiger partial charge on any atom is -0.503 e. The van der Waals surface area contributed by atoms with Crippen LogP contribution in [0.2, 0.25) is 0 Å². The predicted molar refractivity (Wildman–Crippen MR) is 103 cm³/mol. The van der Waals surface area contributed by atoms with E-state index in [1.54, 1.807) is 0 Å². The van der Waals surface area contributed by atoms with Crippen LogP contribution in [0.1, 0.15) is 11.1 Å². The van der Waals surface area contributed by atoms with Gasteiger partial charge in [0, 0.05) is 21.9 Å². The van der Waals surface area contributed by atoms with Gasteiger partial charge in [-0.15, -0.1) is 0 Å². The molecule has 33 heavy (non-hydrogen) atoms. The molecule has 0 aliphatic rings. The number of hydrogen-bond acceptors (Lipinski definition) is 7. The Morgan fingerprint density at radius 1 is 0.848 bits per heavy atom. The quantitative estimate of drug-likeness (QED) is 0.299. The molecule has 3 N–H and O–H groups in total. The standard InChI is InChI=1S/C11H8F2O4.C10H6F2O4/c1-16-8(14)2-5-4-17-11-6(5)3-7(12)10(15)9(11)13;11-6-2-5-4(1-7(13)14)3-16-10(5)8(12)9(6)15/h3-4,15H,2H2,1H3;2-3,15H,1H2,(H,13,14). The predicted octanol–water partition coefficient (Wildman–Crippen LogP) is 4.18. The highest BCUT2D eigenvalue weighted by Crippen LogP contribution is 2.33. The molecule has 0 saturated heterocycles. The summed E-state index contributed by atoms with van der Waals surface area (Å²) in [5.74, 6) is -8.61. The molecular weight excluding hydrogens is 456 g/mol. The zero-order chi connectivity index (χ0) is 24.4. The van der Waals surface area contributed by atoms with Crippen LogP contribution >= 0.6 is 0 Å². The van der Waals surface area contributed by atoms with Crippen LogP contribution in [0.3, 0.4) is 0 Å². The van der Waals surface area contributed by atoms with E-state index < -0.39 is 53.1 Å². The van der Waals surface area contributed by atoms with Crippen molar-refractivity contribution < 1.29 is 56.0 Å². The zero-order valence-electron chi connectivity index (χ0n) is 16.6. The fourth-order valence-corrected chi connectivity index (χ4v) is 2.94. The largest absolute Gasteiger partial charge is 0.503 e. The Bertz CT molecular complexity index is 1370. The number of phenols is 2. The first-order chi connectivity index (χ1) is 15.5. The number of methoxy groups -OCH3 is 1. The van der Waals surface area contributed by atoms with Crippen molar-refractivity contribution in [2.45, 2.75) is 12.8 Å². The summed E-state index contributed by atoms with van der Waals surface area (Å²) in [4.78, 5) is 21.5. The number of hydrogen-bond donors (Lipinski definition) is 3. The molecule has 2 aromatic heterocycles. The summed E-state index contributed by atoms with van der Waals surface area (Å²) in [5, 5.41) is 26.7. The smallest absolute Gasteiger partial charge is 0.310 e. The maximum atomic E-state index is 13.4. The van der Waals surface area contributed by atoms with E-state index in [1.807, 2.05) is 0 Å². The van der Waals surface area contributed by atoms with E-state index >= 15 is 0 Å². The Kier molecular flexibility index (Phi) is 6.47. The van der Waals surface area contributed by atoms with E-state index in [4.69, 9.17) is 24.2 Å². The molecule has 12 heteroatoms. The number of fused-ring (bicyclic) bond motifs is 2. The first-order valence-corrected chi connectivity index (χ1v) is 8.97. The van der Waals surface area contributed by atoms with Crippen molar-refractivity contribution in [3.63, 3.8) is 0 Å². The first-order valence-electron chi connectivity index (χ1n) is 8.97. The monoisotopic (exact) mass is 470 g/mol. The van der Waals surface area contributed by atoms with Crippen LogP contribution < -0.4 is 0 Å². The van der Waals surface area contributed by atoms with Crippen molar-refractivity contribution in [1.29, 1.82) is 0 Å². The Morgan fingerprint density at radius 3 is 1.67 bits per heavy atom. The summed E-state index contributed by atoms with van der Waals surface area (Å²) >= 11 is 0. The van der Waals surface area contributed by atoms with Gasteiger partial charge in [0.05, 0.1) is 32.5 Å². The molecule has 0 fully saturated rings. The van der Waals surface area contributed by atoms with E-state index in [-0.39, 0.29) is 33.9 Å². The minimum atomic E-state index is -1.23. The summed E-state index contributed by atoms with van der Waals surface area (Å²) in [6.07, 6.45) is 1.59. The Hall–Kier alpha value is -4.22. The number of carboxylic acids is 1. The maximum absolute atomic E-state index is 13.4.